The monoisotopic (exact) mass is 442 g/mol. The van der Waals surface area contributed by atoms with Gasteiger partial charge in [0.05, 0.1) is 0 Å². The van der Waals surface area contributed by atoms with Crippen molar-refractivity contribution in [2.45, 2.75) is 11.8 Å². The van der Waals surface area contributed by atoms with E-state index < -0.39 is 0 Å². The maximum Gasteiger partial charge on any atom is 0.120 e. The summed E-state index contributed by atoms with van der Waals surface area (Å²) >= 11 is 7.20. The largest absolute Gasteiger partial charge is 0.508 e. The molecule has 24 heavy (non-hydrogen) atoms. The summed E-state index contributed by atoms with van der Waals surface area (Å²) < 4.78 is 1.99. The van der Waals surface area contributed by atoms with Crippen molar-refractivity contribution in [2.75, 3.05) is 0 Å². The van der Waals surface area contributed by atoms with Gasteiger partial charge in [0.1, 0.15) is 11.5 Å². The van der Waals surface area contributed by atoms with E-state index in [1.807, 2.05) is 12.1 Å². The van der Waals surface area contributed by atoms with Crippen molar-refractivity contribution in [1.29, 1.82) is 0 Å². The van der Waals surface area contributed by atoms with Crippen LogP contribution in [0.2, 0.25) is 0 Å². The minimum Gasteiger partial charge on any atom is -0.508 e. The Morgan fingerprint density at radius 1 is 0.625 bits per heavy atom. The lowest BCUT2D eigenvalue weighted by molar-refractivity contribution is 0.440. The average Bonchev–Trinajstić information content (AvgIpc) is 2.59. The lowest BCUT2D eigenvalue weighted by atomic mass is 9.60. The van der Waals surface area contributed by atoms with Gasteiger partial charge in [-0.15, -0.1) is 0 Å². The predicted molar refractivity (Wildman–Crippen MR) is 99.9 cm³/mol. The molecule has 0 aromatic heterocycles. The van der Waals surface area contributed by atoms with Crippen LogP contribution in [0.4, 0.5) is 0 Å². The molecular weight excluding hydrogens is 432 g/mol. The molecule has 2 nitrogen and oxygen atoms in total. The number of hydrogen-bond donors (Lipinski definition) is 2. The number of phenolic OH excluding ortho intramolecular Hbond substituents is 2. The molecule has 0 amide bonds. The minimum atomic E-state index is -0.0623. The topological polar surface area (TPSA) is 40.5 Å². The first-order valence-corrected chi connectivity index (χ1v) is 9.29. The summed E-state index contributed by atoms with van der Waals surface area (Å²) in [6.07, 6.45) is 0. The van der Waals surface area contributed by atoms with Crippen molar-refractivity contribution < 1.29 is 10.2 Å². The van der Waals surface area contributed by atoms with Crippen LogP contribution in [0.1, 0.15) is 45.2 Å². The first-order chi connectivity index (χ1) is 11.6. The number of aromatic hydroxyl groups is 2. The SMILES string of the molecule is Oc1ccc(O)c2c1C1c3ccccc3C2c2cc(Br)c(Br)cc21. The zero-order valence-electron chi connectivity index (χ0n) is 12.4. The highest BCUT2D eigenvalue weighted by atomic mass is 79.9. The molecule has 3 aliphatic rings. The van der Waals surface area contributed by atoms with E-state index in [-0.39, 0.29) is 23.3 Å². The summed E-state index contributed by atoms with van der Waals surface area (Å²) in [4.78, 5) is 0. The molecule has 2 N–H and O–H groups in total. The van der Waals surface area contributed by atoms with Crippen LogP contribution in [0, 0.1) is 0 Å². The molecule has 2 bridgehead atoms. The van der Waals surface area contributed by atoms with Crippen LogP contribution in [0.15, 0.2) is 57.5 Å². The minimum absolute atomic E-state index is 0.0623. The van der Waals surface area contributed by atoms with Crippen molar-refractivity contribution in [3.63, 3.8) is 0 Å². The molecule has 0 saturated heterocycles. The third-order valence-electron chi connectivity index (χ3n) is 5.18. The maximum atomic E-state index is 10.5. The molecule has 4 heteroatoms. The van der Waals surface area contributed by atoms with E-state index >= 15 is 0 Å². The molecule has 3 aromatic rings. The quantitative estimate of drug-likeness (QED) is 0.305. The average molecular weight is 444 g/mol. The normalized spacial score (nSPS) is 19.6. The molecule has 3 aromatic carbocycles. The van der Waals surface area contributed by atoms with E-state index in [0.29, 0.717) is 0 Å². The van der Waals surface area contributed by atoms with Gasteiger partial charge >= 0.3 is 0 Å². The Morgan fingerprint density at radius 2 is 1.04 bits per heavy atom. The second-order valence-corrected chi connectivity index (χ2v) is 8.03. The summed E-state index contributed by atoms with van der Waals surface area (Å²) in [7, 11) is 0. The number of hydrogen-bond acceptors (Lipinski definition) is 2. The number of rotatable bonds is 0. The molecule has 0 radical (unpaired) electrons. The van der Waals surface area contributed by atoms with Crippen molar-refractivity contribution in [1.82, 2.24) is 0 Å². The third kappa shape index (κ3) is 1.70. The van der Waals surface area contributed by atoms with Crippen LogP contribution >= 0.6 is 31.9 Å². The second kappa shape index (κ2) is 4.87. The maximum absolute atomic E-state index is 10.5. The molecule has 0 fully saturated rings. The molecule has 6 rings (SSSR count). The Balaban J connectivity index is 1.95. The first kappa shape index (κ1) is 14.6. The Bertz CT molecular complexity index is 945. The highest BCUT2D eigenvalue weighted by Crippen LogP contribution is 2.60. The summed E-state index contributed by atoms with van der Waals surface area (Å²) in [5.41, 5.74) is 6.44. The first-order valence-electron chi connectivity index (χ1n) is 7.70. The van der Waals surface area contributed by atoms with E-state index in [2.05, 4.69) is 56.1 Å². The summed E-state index contributed by atoms with van der Waals surface area (Å²) in [6.45, 7) is 0. The fourth-order valence-electron chi connectivity index (χ4n) is 4.29. The van der Waals surface area contributed by atoms with Gasteiger partial charge in [0, 0.05) is 31.9 Å². The fourth-order valence-corrected chi connectivity index (χ4v) is 5.01. The van der Waals surface area contributed by atoms with Gasteiger partial charge < -0.3 is 10.2 Å². The van der Waals surface area contributed by atoms with Gasteiger partial charge in [-0.3, -0.25) is 0 Å². The number of benzene rings is 3. The lowest BCUT2D eigenvalue weighted by Crippen LogP contribution is -2.27. The van der Waals surface area contributed by atoms with Gasteiger partial charge in [-0.1, -0.05) is 24.3 Å². The van der Waals surface area contributed by atoms with Gasteiger partial charge in [-0.2, -0.15) is 0 Å². The van der Waals surface area contributed by atoms with Crippen molar-refractivity contribution in [2.24, 2.45) is 0 Å². The van der Waals surface area contributed by atoms with E-state index in [1.165, 1.54) is 22.3 Å². The van der Waals surface area contributed by atoms with Crippen molar-refractivity contribution in [3.05, 3.63) is 90.9 Å². The number of phenols is 2. The van der Waals surface area contributed by atoms with Crippen molar-refractivity contribution >= 4 is 31.9 Å². The molecule has 2 atom stereocenters. The third-order valence-corrected chi connectivity index (χ3v) is 7.03. The van der Waals surface area contributed by atoms with Gasteiger partial charge in [-0.25, -0.2) is 0 Å². The van der Waals surface area contributed by atoms with E-state index in [4.69, 9.17) is 0 Å². The molecular formula is C20H12Br2O2. The molecule has 118 valence electrons. The van der Waals surface area contributed by atoms with Crippen LogP contribution in [-0.4, -0.2) is 10.2 Å². The van der Waals surface area contributed by atoms with Gasteiger partial charge in [0.2, 0.25) is 0 Å². The highest BCUT2D eigenvalue weighted by Gasteiger charge is 2.44. The predicted octanol–water partition coefficient (Wildman–Crippen LogP) is 5.61. The fraction of sp³-hybridized carbons (Fsp3) is 0.100. The van der Waals surface area contributed by atoms with Gasteiger partial charge in [0.25, 0.3) is 0 Å². The standard InChI is InChI=1S/C20H12Br2O2/c21-13-7-11-12(8-14(13)22)18-10-4-2-1-3-9(10)17(11)19-15(23)5-6-16(24)20(18)19/h1-8,17-18,23-24H. The zero-order chi connectivity index (χ0) is 16.6. The van der Waals surface area contributed by atoms with Crippen LogP contribution in [0.25, 0.3) is 0 Å². The summed E-state index contributed by atoms with van der Waals surface area (Å²) in [5.74, 6) is 0.370. The molecule has 0 saturated carbocycles. The Hall–Kier alpha value is -1.78. The van der Waals surface area contributed by atoms with E-state index in [0.717, 1.165) is 20.1 Å². The van der Waals surface area contributed by atoms with Crippen LogP contribution in [-0.2, 0) is 0 Å². The molecule has 3 aliphatic carbocycles. The molecule has 2 unspecified atom stereocenters. The van der Waals surface area contributed by atoms with E-state index in [9.17, 15) is 10.2 Å². The van der Waals surface area contributed by atoms with Gasteiger partial charge in [0.15, 0.2) is 0 Å². The summed E-state index contributed by atoms with van der Waals surface area (Å²) in [5, 5.41) is 21.1. The number of halogens is 2. The Labute approximate surface area is 156 Å². The van der Waals surface area contributed by atoms with Crippen molar-refractivity contribution in [3.8, 4) is 11.5 Å². The smallest absolute Gasteiger partial charge is 0.120 e. The molecule has 0 spiro atoms. The highest BCUT2D eigenvalue weighted by molar-refractivity contribution is 9.13. The molecule has 0 heterocycles. The Kier molecular flexibility index (Phi) is 2.95. The van der Waals surface area contributed by atoms with E-state index in [1.54, 1.807) is 12.1 Å². The lowest BCUT2D eigenvalue weighted by Gasteiger charge is -2.42. The summed E-state index contributed by atoms with van der Waals surface area (Å²) in [6, 6.07) is 15.7. The van der Waals surface area contributed by atoms with Crippen LogP contribution in [0.5, 0.6) is 11.5 Å². The van der Waals surface area contributed by atoms with Crippen LogP contribution < -0.4 is 0 Å². The zero-order valence-corrected chi connectivity index (χ0v) is 15.6. The molecule has 0 aliphatic heterocycles. The second-order valence-electron chi connectivity index (χ2n) is 6.32. The Morgan fingerprint density at radius 3 is 1.46 bits per heavy atom. The van der Waals surface area contributed by atoms with Gasteiger partial charge in [-0.05, 0) is 78.4 Å². The van der Waals surface area contributed by atoms with Crippen LogP contribution in [0.3, 0.4) is 0 Å².